The average Bonchev–Trinajstić information content (AvgIpc) is 2.74. The molecule has 3 saturated carbocycles. The van der Waals surface area contributed by atoms with E-state index in [1.54, 1.807) is 7.11 Å². The topological polar surface area (TPSA) is 61.5 Å². The molecule has 0 saturated heterocycles. The number of ketones is 1. The summed E-state index contributed by atoms with van der Waals surface area (Å²) in [5, 5.41) is 0. The zero-order valence-corrected chi connectivity index (χ0v) is 16.8. The monoisotopic (exact) mass is 389 g/mol. The van der Waals surface area contributed by atoms with Crippen LogP contribution in [0.1, 0.15) is 56.9 Å². The molecule has 1 aromatic rings. The highest BCUT2D eigenvalue weighted by Gasteiger charge is 2.49. The molecule has 0 atom stereocenters. The van der Waals surface area contributed by atoms with Crippen molar-refractivity contribution in [3.8, 4) is 5.75 Å². The molecular weight excluding hydrogens is 357 g/mol. The van der Waals surface area contributed by atoms with Gasteiger partial charge in [0, 0.05) is 32.1 Å². The Balaban J connectivity index is 1.58. The van der Waals surface area contributed by atoms with Crippen molar-refractivity contribution in [2.24, 2.45) is 11.1 Å². The molecule has 0 radical (unpaired) electrons. The van der Waals surface area contributed by atoms with Crippen LogP contribution in [0.15, 0.2) is 36.2 Å². The summed E-state index contributed by atoms with van der Waals surface area (Å²) in [4.78, 5) is 12.3. The second-order valence-corrected chi connectivity index (χ2v) is 8.52. The first-order valence-corrected chi connectivity index (χ1v) is 10.3. The minimum Gasteiger partial charge on any atom is -0.489 e. The molecule has 4 rings (SSSR count). The van der Waals surface area contributed by atoms with Crippen LogP contribution in [0, 0.1) is 5.41 Å². The Morgan fingerprint density at radius 1 is 1.14 bits per heavy atom. The van der Waals surface area contributed by atoms with Gasteiger partial charge >= 0.3 is 0 Å². The van der Waals surface area contributed by atoms with Crippen molar-refractivity contribution in [3.63, 3.8) is 0 Å². The number of rotatable bonds is 10. The van der Waals surface area contributed by atoms with Crippen LogP contribution in [0.2, 0.25) is 0 Å². The fraction of sp³-hybridized carbons (Fsp3) is 0.609. The van der Waals surface area contributed by atoms with Crippen molar-refractivity contribution >= 4 is 5.78 Å². The first kappa shape index (κ1) is 21.0. The number of nitrogens with two attached hydrogens (primary N) is 1. The van der Waals surface area contributed by atoms with Crippen LogP contribution >= 0.6 is 0 Å². The van der Waals surface area contributed by atoms with Gasteiger partial charge in [0.05, 0.1) is 12.9 Å². The molecule has 0 aliphatic heterocycles. The molecule has 0 amide bonds. The Labute approximate surface area is 167 Å². The fourth-order valence-corrected chi connectivity index (χ4v) is 4.90. The van der Waals surface area contributed by atoms with Crippen molar-refractivity contribution in [2.45, 2.75) is 56.8 Å². The van der Waals surface area contributed by atoms with E-state index in [9.17, 15) is 9.18 Å². The molecule has 3 aliphatic carbocycles. The van der Waals surface area contributed by atoms with E-state index >= 15 is 0 Å². The Kier molecular flexibility index (Phi) is 6.89. The first-order valence-electron chi connectivity index (χ1n) is 10.3. The number of hydrogen-bond acceptors (Lipinski definition) is 4. The molecule has 5 heteroatoms. The van der Waals surface area contributed by atoms with Crippen molar-refractivity contribution in [1.29, 1.82) is 0 Å². The van der Waals surface area contributed by atoms with E-state index in [0.717, 1.165) is 44.3 Å². The maximum Gasteiger partial charge on any atom is 0.135 e. The van der Waals surface area contributed by atoms with Gasteiger partial charge < -0.3 is 15.2 Å². The lowest BCUT2D eigenvalue weighted by atomic mass is 9.51. The maximum absolute atomic E-state index is 12.6. The number of hydrogen-bond donors (Lipinski definition) is 1. The van der Waals surface area contributed by atoms with Gasteiger partial charge in [0.1, 0.15) is 18.1 Å². The SMILES string of the molecule is COCCC(=O)CC12CCC(c3ccc(OC/C(=C/F)CN)cc3)(CC1)CC2. The third-order valence-electron chi connectivity index (χ3n) is 6.87. The summed E-state index contributed by atoms with van der Waals surface area (Å²) >= 11 is 0. The van der Waals surface area contributed by atoms with Crippen molar-refractivity contribution < 1.29 is 18.7 Å². The molecule has 1 aromatic carbocycles. The van der Waals surface area contributed by atoms with Crippen LogP contribution in [0.25, 0.3) is 0 Å². The van der Waals surface area contributed by atoms with E-state index < -0.39 is 0 Å². The Hall–Kier alpha value is -1.72. The van der Waals surface area contributed by atoms with Gasteiger partial charge in [-0.25, -0.2) is 4.39 Å². The normalized spacial score (nSPS) is 27.0. The van der Waals surface area contributed by atoms with Gasteiger partial charge in [-0.05, 0) is 67.1 Å². The molecule has 0 aromatic heterocycles. The second-order valence-electron chi connectivity index (χ2n) is 8.52. The number of carbonyl (C=O) groups is 1. The predicted molar refractivity (Wildman–Crippen MR) is 108 cm³/mol. The Bertz CT molecular complexity index is 674. The number of fused-ring (bicyclic) bond motifs is 3. The molecule has 0 heterocycles. The summed E-state index contributed by atoms with van der Waals surface area (Å²) in [7, 11) is 1.65. The molecule has 0 unspecified atom stereocenters. The van der Waals surface area contributed by atoms with Gasteiger partial charge in [0.25, 0.3) is 0 Å². The van der Waals surface area contributed by atoms with Crippen molar-refractivity contribution in [2.75, 3.05) is 26.9 Å². The van der Waals surface area contributed by atoms with Crippen LogP contribution in [0.5, 0.6) is 5.75 Å². The van der Waals surface area contributed by atoms with Crippen molar-refractivity contribution in [3.05, 3.63) is 41.7 Å². The standard InChI is InChI=1S/C23H32FNO3/c1-27-13-6-20(26)14-22-7-10-23(11-8-22,12-9-22)19-2-4-21(5-3-19)28-17-18(15-24)16-25/h2-5,15H,6-14,16-17,25H2,1H3/b18-15+. The summed E-state index contributed by atoms with van der Waals surface area (Å²) in [5.41, 5.74) is 7.71. The summed E-state index contributed by atoms with van der Waals surface area (Å²) in [5.74, 6) is 1.08. The van der Waals surface area contributed by atoms with Gasteiger partial charge in [-0.15, -0.1) is 0 Å². The summed E-state index contributed by atoms with van der Waals surface area (Å²) < 4.78 is 23.3. The zero-order chi connectivity index (χ0) is 20.0. The largest absolute Gasteiger partial charge is 0.489 e. The smallest absolute Gasteiger partial charge is 0.135 e. The summed E-state index contributed by atoms with van der Waals surface area (Å²) in [6, 6.07) is 8.25. The second kappa shape index (κ2) is 9.19. The van der Waals surface area contributed by atoms with Gasteiger partial charge in [-0.2, -0.15) is 0 Å². The summed E-state index contributed by atoms with van der Waals surface area (Å²) in [6.45, 7) is 0.867. The van der Waals surface area contributed by atoms with Gasteiger partial charge in [-0.1, -0.05) is 12.1 Å². The lowest BCUT2D eigenvalue weighted by Gasteiger charge is -2.54. The van der Waals surface area contributed by atoms with E-state index in [1.807, 2.05) is 12.1 Å². The highest BCUT2D eigenvalue weighted by molar-refractivity contribution is 5.79. The highest BCUT2D eigenvalue weighted by atomic mass is 19.1. The fourth-order valence-electron chi connectivity index (χ4n) is 4.90. The molecular formula is C23H32FNO3. The lowest BCUT2D eigenvalue weighted by Crippen LogP contribution is -2.45. The molecule has 4 nitrogen and oxygen atoms in total. The highest BCUT2D eigenvalue weighted by Crippen LogP contribution is 2.59. The van der Waals surface area contributed by atoms with Crippen LogP contribution < -0.4 is 10.5 Å². The number of carbonyl (C=O) groups excluding carboxylic acids is 1. The number of Topliss-reactive ketones (excluding diaryl/α,β-unsaturated/α-hetero) is 1. The first-order chi connectivity index (χ1) is 13.5. The lowest BCUT2D eigenvalue weighted by molar-refractivity contribution is -0.124. The molecule has 0 spiro atoms. The maximum atomic E-state index is 12.6. The van der Waals surface area contributed by atoms with E-state index in [0.29, 0.717) is 37.1 Å². The molecule has 154 valence electrons. The van der Waals surface area contributed by atoms with Crippen LogP contribution in [0.3, 0.4) is 0 Å². The molecule has 2 N–H and O–H groups in total. The Morgan fingerprint density at radius 3 is 2.32 bits per heavy atom. The van der Waals surface area contributed by atoms with Gasteiger partial charge in [0.2, 0.25) is 0 Å². The number of benzene rings is 1. The molecule has 28 heavy (non-hydrogen) atoms. The summed E-state index contributed by atoms with van der Waals surface area (Å²) in [6.07, 6.45) is 8.59. The van der Waals surface area contributed by atoms with Gasteiger partial charge in [0.15, 0.2) is 0 Å². The predicted octanol–water partition coefficient (Wildman–Crippen LogP) is 4.47. The van der Waals surface area contributed by atoms with E-state index in [1.165, 1.54) is 5.56 Å². The van der Waals surface area contributed by atoms with Gasteiger partial charge in [-0.3, -0.25) is 4.79 Å². The Morgan fingerprint density at radius 2 is 1.79 bits per heavy atom. The van der Waals surface area contributed by atoms with E-state index in [4.69, 9.17) is 15.2 Å². The third-order valence-corrected chi connectivity index (χ3v) is 6.87. The molecule has 3 aliphatic rings. The van der Waals surface area contributed by atoms with Crippen LogP contribution in [-0.2, 0) is 14.9 Å². The quantitative estimate of drug-likeness (QED) is 0.642. The third kappa shape index (κ3) is 4.64. The van der Waals surface area contributed by atoms with E-state index in [2.05, 4.69) is 12.1 Å². The number of halogens is 1. The molecule has 2 bridgehead atoms. The van der Waals surface area contributed by atoms with Crippen LogP contribution in [-0.4, -0.2) is 32.7 Å². The van der Waals surface area contributed by atoms with Crippen LogP contribution in [0.4, 0.5) is 4.39 Å². The minimum atomic E-state index is 0.160. The minimum absolute atomic E-state index is 0.160. The van der Waals surface area contributed by atoms with E-state index in [-0.39, 0.29) is 24.0 Å². The molecule has 3 fully saturated rings. The number of methoxy groups -OCH3 is 1. The van der Waals surface area contributed by atoms with Crippen molar-refractivity contribution in [1.82, 2.24) is 0 Å². The zero-order valence-electron chi connectivity index (χ0n) is 16.8. The number of ether oxygens (including phenoxy) is 2. The average molecular weight is 390 g/mol.